The van der Waals surface area contributed by atoms with Crippen LogP contribution in [0.2, 0.25) is 5.02 Å². The zero-order chi connectivity index (χ0) is 35.4. The minimum Gasteiger partial charge on any atom is -0.463 e. The van der Waals surface area contributed by atoms with Crippen molar-refractivity contribution in [2.24, 2.45) is 11.3 Å². The lowest BCUT2D eigenvalue weighted by molar-refractivity contribution is -0.0679. The molecule has 3 atom stereocenters. The molecule has 4 heterocycles. The van der Waals surface area contributed by atoms with Crippen molar-refractivity contribution in [3.05, 3.63) is 64.3 Å². The van der Waals surface area contributed by atoms with Crippen molar-refractivity contribution < 1.29 is 22.3 Å². The van der Waals surface area contributed by atoms with Gasteiger partial charge in [-0.15, -0.1) is 11.3 Å². The Morgan fingerprint density at radius 3 is 2.69 bits per heavy atom. The SMILES string of the molecule is C[C@H](c1cccnc1N)N(C)c1nc(OC[C@@]2(C)CN(C)CC[C@H]2C(F)F)nc2c(F)c(-c3ccc(F)c4sc(N)c(C#N)c34)c(Cl)cc12. The molecule has 1 saturated heterocycles. The molecule has 4 N–H and O–H groups in total. The van der Waals surface area contributed by atoms with Crippen LogP contribution in [-0.2, 0) is 0 Å². The van der Waals surface area contributed by atoms with Gasteiger partial charge in [-0.2, -0.15) is 15.2 Å². The minimum atomic E-state index is -2.56. The molecule has 0 spiro atoms. The second-order valence-electron chi connectivity index (χ2n) is 12.7. The molecule has 0 saturated carbocycles. The Hall–Kier alpha value is -4.45. The van der Waals surface area contributed by atoms with Gasteiger partial charge in [-0.05, 0) is 50.7 Å². The van der Waals surface area contributed by atoms with Gasteiger partial charge in [0.05, 0.1) is 27.9 Å². The van der Waals surface area contributed by atoms with E-state index in [1.54, 1.807) is 37.2 Å². The monoisotopic (exact) mass is 712 g/mol. The number of likely N-dealkylation sites (tertiary alicyclic amines) is 1. The van der Waals surface area contributed by atoms with Gasteiger partial charge in [0.1, 0.15) is 34.0 Å². The summed E-state index contributed by atoms with van der Waals surface area (Å²) in [6.07, 6.45) is -0.716. The largest absolute Gasteiger partial charge is 0.463 e. The maximum atomic E-state index is 17.0. The van der Waals surface area contributed by atoms with E-state index in [4.69, 9.17) is 27.8 Å². The molecule has 9 nitrogen and oxygen atoms in total. The third-order valence-corrected chi connectivity index (χ3v) is 10.8. The van der Waals surface area contributed by atoms with Crippen LogP contribution in [0.15, 0.2) is 36.5 Å². The standard InChI is InChI=1S/C34H33ClF4N8OS/c1-16(17-6-5-10-43-30(17)41)47(4)32-19-12-22(35)25(18-7-8-23(36)28-24(18)20(13-40)31(42)49-28)26(37)27(19)44-33(45-32)48-15-34(2)14-46(3)11-9-21(34)29(38)39/h5-8,10,12,16,21,29H,9,11,14-15,42H2,1-4H3,(H2,41,43)/t16-,21+,34-/m1/s1. The maximum Gasteiger partial charge on any atom is 0.319 e. The van der Waals surface area contributed by atoms with E-state index in [2.05, 4.69) is 15.0 Å². The number of thiophene rings is 1. The van der Waals surface area contributed by atoms with Crippen LogP contribution in [0.5, 0.6) is 6.01 Å². The topological polar surface area (TPSA) is 130 Å². The number of pyridine rings is 1. The summed E-state index contributed by atoms with van der Waals surface area (Å²) >= 11 is 7.69. The van der Waals surface area contributed by atoms with Crippen molar-refractivity contribution in [3.8, 4) is 23.2 Å². The number of hydrogen-bond acceptors (Lipinski definition) is 10. The van der Waals surface area contributed by atoms with Crippen molar-refractivity contribution in [1.29, 1.82) is 5.26 Å². The lowest BCUT2D eigenvalue weighted by Gasteiger charge is -2.44. The van der Waals surface area contributed by atoms with Crippen molar-refractivity contribution in [2.75, 3.05) is 50.2 Å². The fraction of sp³-hybridized carbons (Fsp3) is 0.353. The predicted molar refractivity (Wildman–Crippen MR) is 185 cm³/mol. The van der Waals surface area contributed by atoms with Gasteiger partial charge in [-0.1, -0.05) is 30.7 Å². The van der Waals surface area contributed by atoms with Crippen LogP contribution in [0.3, 0.4) is 0 Å². The van der Waals surface area contributed by atoms with E-state index >= 15 is 4.39 Å². The number of benzene rings is 2. The minimum absolute atomic E-state index is 0.000594. The van der Waals surface area contributed by atoms with E-state index in [9.17, 15) is 18.4 Å². The molecule has 49 heavy (non-hydrogen) atoms. The molecule has 5 aromatic rings. The van der Waals surface area contributed by atoms with Crippen LogP contribution in [-0.4, -0.2) is 60.1 Å². The maximum absolute atomic E-state index is 17.0. The van der Waals surface area contributed by atoms with E-state index in [0.717, 1.165) is 17.4 Å². The number of ether oxygens (including phenoxy) is 1. The average Bonchev–Trinajstić information content (AvgIpc) is 3.40. The molecule has 0 radical (unpaired) electrons. The summed E-state index contributed by atoms with van der Waals surface area (Å²) in [5, 5.41) is 10.2. The first-order chi connectivity index (χ1) is 23.2. The Bertz CT molecular complexity index is 2120. The van der Waals surface area contributed by atoms with Gasteiger partial charge < -0.3 is 26.0 Å². The number of nitriles is 1. The van der Waals surface area contributed by atoms with Gasteiger partial charge in [0.2, 0.25) is 6.43 Å². The molecule has 15 heteroatoms. The number of aromatic nitrogens is 3. The van der Waals surface area contributed by atoms with E-state index in [0.29, 0.717) is 24.5 Å². The van der Waals surface area contributed by atoms with Crippen molar-refractivity contribution in [2.45, 2.75) is 32.7 Å². The zero-order valence-corrected chi connectivity index (χ0v) is 28.6. The zero-order valence-electron chi connectivity index (χ0n) is 27.1. The number of fused-ring (bicyclic) bond motifs is 2. The van der Waals surface area contributed by atoms with Crippen molar-refractivity contribution in [3.63, 3.8) is 0 Å². The summed E-state index contributed by atoms with van der Waals surface area (Å²) in [7, 11) is 3.58. The fourth-order valence-electron chi connectivity index (χ4n) is 6.76. The number of piperidine rings is 1. The molecule has 1 fully saturated rings. The molecule has 0 bridgehead atoms. The van der Waals surface area contributed by atoms with E-state index in [1.807, 2.05) is 24.9 Å². The molecule has 0 unspecified atom stereocenters. The number of alkyl halides is 2. The Morgan fingerprint density at radius 1 is 1.24 bits per heavy atom. The first-order valence-corrected chi connectivity index (χ1v) is 16.6. The quantitative estimate of drug-likeness (QED) is 0.156. The number of rotatable bonds is 8. The van der Waals surface area contributed by atoms with Crippen molar-refractivity contribution >= 4 is 60.6 Å². The smallest absolute Gasteiger partial charge is 0.319 e. The Morgan fingerprint density at radius 2 is 2.00 bits per heavy atom. The van der Waals surface area contributed by atoms with E-state index in [1.165, 1.54) is 12.1 Å². The number of halogens is 5. The highest BCUT2D eigenvalue weighted by molar-refractivity contribution is 7.23. The molecular weight excluding hydrogens is 680 g/mol. The number of anilines is 3. The van der Waals surface area contributed by atoms with Gasteiger partial charge >= 0.3 is 6.01 Å². The van der Waals surface area contributed by atoms with Gasteiger partial charge in [-0.25, -0.2) is 22.5 Å². The molecular formula is C34H33ClF4N8OS. The Kier molecular flexibility index (Phi) is 9.21. The normalized spacial score (nSPS) is 19.0. The summed E-state index contributed by atoms with van der Waals surface area (Å²) in [4.78, 5) is 17.0. The second-order valence-corrected chi connectivity index (χ2v) is 14.2. The highest BCUT2D eigenvalue weighted by Crippen LogP contribution is 2.46. The van der Waals surface area contributed by atoms with E-state index in [-0.39, 0.29) is 72.6 Å². The lowest BCUT2D eigenvalue weighted by Crippen LogP contribution is -2.51. The number of nitrogens with zero attached hydrogens (tertiary/aromatic N) is 6. The van der Waals surface area contributed by atoms with Gasteiger partial charge in [0.25, 0.3) is 0 Å². The van der Waals surface area contributed by atoms with Gasteiger partial charge in [-0.3, -0.25) is 0 Å². The van der Waals surface area contributed by atoms with Crippen LogP contribution in [0, 0.1) is 34.3 Å². The molecule has 0 aliphatic carbocycles. The molecule has 256 valence electrons. The van der Waals surface area contributed by atoms with Crippen LogP contribution in [0.1, 0.15) is 37.4 Å². The fourth-order valence-corrected chi connectivity index (χ4v) is 8.00. The van der Waals surface area contributed by atoms with Crippen LogP contribution < -0.4 is 21.1 Å². The third kappa shape index (κ3) is 6.04. The summed E-state index contributed by atoms with van der Waals surface area (Å²) in [5.41, 5.74) is 11.8. The lowest BCUT2D eigenvalue weighted by atomic mass is 9.73. The number of nitrogens with two attached hydrogens (primary N) is 2. The Labute approximate surface area is 289 Å². The van der Waals surface area contributed by atoms with Crippen LogP contribution >= 0.6 is 22.9 Å². The first kappa shape index (κ1) is 34.4. The summed E-state index contributed by atoms with van der Waals surface area (Å²) in [6.45, 7) is 4.31. The molecule has 1 aliphatic heterocycles. The van der Waals surface area contributed by atoms with Crippen LogP contribution in [0.25, 0.3) is 32.1 Å². The number of hydrogen-bond donors (Lipinski definition) is 2. The molecule has 0 amide bonds. The predicted octanol–water partition coefficient (Wildman–Crippen LogP) is 7.67. The summed E-state index contributed by atoms with van der Waals surface area (Å²) in [5.74, 6) is -1.92. The molecule has 3 aromatic heterocycles. The van der Waals surface area contributed by atoms with Gasteiger partial charge in [0, 0.05) is 53.0 Å². The molecule has 6 rings (SSSR count). The molecule has 1 aliphatic rings. The highest BCUT2D eigenvalue weighted by Gasteiger charge is 2.44. The van der Waals surface area contributed by atoms with Crippen molar-refractivity contribution in [1.82, 2.24) is 19.9 Å². The molecule has 2 aromatic carbocycles. The summed E-state index contributed by atoms with van der Waals surface area (Å²) in [6, 6.07) is 8.85. The average molecular weight is 713 g/mol. The summed E-state index contributed by atoms with van der Waals surface area (Å²) < 4.78 is 66.4. The van der Waals surface area contributed by atoms with Gasteiger partial charge in [0.15, 0.2) is 5.82 Å². The van der Waals surface area contributed by atoms with E-state index < -0.39 is 35.4 Å². The second kappa shape index (κ2) is 13.1. The highest BCUT2D eigenvalue weighted by atomic mass is 35.5. The first-order valence-electron chi connectivity index (χ1n) is 15.4. The number of nitrogen functional groups attached to an aromatic ring is 2. The third-order valence-electron chi connectivity index (χ3n) is 9.46. The van der Waals surface area contributed by atoms with Crippen LogP contribution in [0.4, 0.5) is 34.2 Å². The Balaban J connectivity index is 1.55.